The Morgan fingerprint density at radius 3 is 1.59 bits per heavy atom. The Morgan fingerprint density at radius 2 is 1.15 bits per heavy atom. The summed E-state index contributed by atoms with van der Waals surface area (Å²) in [4.78, 5) is 6.76. The summed E-state index contributed by atoms with van der Waals surface area (Å²) in [5.41, 5.74) is 3.00. The minimum absolute atomic E-state index is 0.00445. The predicted molar refractivity (Wildman–Crippen MR) is 138 cm³/mol. The molecule has 0 fully saturated rings. The summed E-state index contributed by atoms with van der Waals surface area (Å²) in [6.07, 6.45) is 0. The molecule has 0 atom stereocenters. The number of nitriles is 2. The molecule has 0 aliphatic carbocycles. The molecular formula is C26H10Cl2N4S2. The van der Waals surface area contributed by atoms with E-state index in [-0.39, 0.29) is 11.4 Å². The van der Waals surface area contributed by atoms with Gasteiger partial charge in [0.25, 0.3) is 0 Å². The maximum atomic E-state index is 9.47. The molecule has 160 valence electrons. The molecular weight excluding hydrogens is 503 g/mol. The lowest BCUT2D eigenvalue weighted by Gasteiger charge is -2.03. The Bertz CT molecular complexity index is 1670. The van der Waals surface area contributed by atoms with E-state index in [1.807, 2.05) is 48.5 Å². The molecule has 2 heterocycles. The molecule has 0 spiro atoms. The highest BCUT2D eigenvalue weighted by molar-refractivity contribution is 7.12. The number of nitrogens with zero attached hydrogens (tertiary/aromatic N) is 4. The first kappa shape index (κ1) is 23.3. The third-order valence-corrected chi connectivity index (χ3v) is 8.01. The van der Waals surface area contributed by atoms with E-state index in [0.717, 1.165) is 31.3 Å². The SMILES string of the molecule is [C-]#[N+]C([N+]#[C-])=c1cc(-c2ccccc2Cl)/c(=c2\sc(=C(C#N)C#N)cc2-c2ccccc2Cl)s1. The molecule has 0 N–H and O–H groups in total. The lowest BCUT2D eigenvalue weighted by molar-refractivity contribution is 1.51. The van der Waals surface area contributed by atoms with Gasteiger partial charge in [-0.1, -0.05) is 59.6 Å². The fourth-order valence-corrected chi connectivity index (χ4v) is 6.24. The van der Waals surface area contributed by atoms with Gasteiger partial charge in [-0.15, -0.1) is 22.7 Å². The second kappa shape index (κ2) is 9.94. The van der Waals surface area contributed by atoms with Crippen LogP contribution in [0.15, 0.2) is 60.7 Å². The molecule has 0 unspecified atom stereocenters. The fourth-order valence-electron chi connectivity index (χ4n) is 3.38. The van der Waals surface area contributed by atoms with Crippen LogP contribution in [0.25, 0.3) is 43.3 Å². The highest BCUT2D eigenvalue weighted by Gasteiger charge is 2.16. The van der Waals surface area contributed by atoms with Crippen molar-refractivity contribution in [1.82, 2.24) is 0 Å². The molecule has 4 rings (SSSR count). The Labute approximate surface area is 213 Å². The highest BCUT2D eigenvalue weighted by atomic mass is 35.5. The first-order valence-corrected chi connectivity index (χ1v) is 12.0. The number of hydrogen-bond donors (Lipinski definition) is 0. The number of thiophene rings is 2. The van der Waals surface area contributed by atoms with Crippen molar-refractivity contribution in [3.63, 3.8) is 0 Å². The fraction of sp³-hybridized carbons (Fsp3) is 0. The lowest BCUT2D eigenvalue weighted by atomic mass is 10.1. The molecule has 4 nitrogen and oxygen atoms in total. The summed E-state index contributed by atoms with van der Waals surface area (Å²) in [6, 6.07) is 22.2. The maximum Gasteiger partial charge on any atom is 0.536 e. The summed E-state index contributed by atoms with van der Waals surface area (Å²) in [5, 5.41) is 20.0. The molecule has 0 saturated heterocycles. The van der Waals surface area contributed by atoms with Crippen molar-refractivity contribution in [3.05, 3.63) is 112 Å². The van der Waals surface area contributed by atoms with Gasteiger partial charge in [-0.25, -0.2) is 0 Å². The van der Waals surface area contributed by atoms with Gasteiger partial charge in [0.05, 0.1) is 13.6 Å². The molecule has 0 bridgehead atoms. The van der Waals surface area contributed by atoms with Crippen molar-refractivity contribution in [2.45, 2.75) is 0 Å². The zero-order valence-corrected chi connectivity index (χ0v) is 20.3. The van der Waals surface area contributed by atoms with Crippen LogP contribution in [-0.2, 0) is 0 Å². The molecule has 34 heavy (non-hydrogen) atoms. The van der Waals surface area contributed by atoms with Crippen LogP contribution in [0.4, 0.5) is 0 Å². The standard InChI is InChI=1S/C26H10Cl2N4S2/c1-31-26(32-2)23-12-19(17-8-4-6-10-21(17)28)25(34-23)24-18(16-7-3-5-9-20(16)27)11-22(33-24)15(13-29)14-30/h3-12H/b25-24+. The average Bonchev–Trinajstić information content (AvgIpc) is 3.46. The van der Waals surface area contributed by atoms with E-state index in [0.29, 0.717) is 19.1 Å². The van der Waals surface area contributed by atoms with E-state index >= 15 is 0 Å². The number of halogens is 2. The largest absolute Gasteiger partial charge is 0.536 e. The minimum Gasteiger partial charge on any atom is -0.192 e. The molecule has 0 saturated carbocycles. The van der Waals surface area contributed by atoms with Gasteiger partial charge in [0.15, 0.2) is 0 Å². The highest BCUT2D eigenvalue weighted by Crippen LogP contribution is 2.34. The minimum atomic E-state index is -0.0399. The zero-order chi connectivity index (χ0) is 24.2. The van der Waals surface area contributed by atoms with Gasteiger partial charge in [-0.05, 0) is 24.3 Å². The normalized spacial score (nSPS) is 11.0. The molecule has 2 aromatic heterocycles. The maximum absolute atomic E-state index is 9.47. The molecule has 2 aromatic carbocycles. The van der Waals surface area contributed by atoms with Gasteiger partial charge in [0, 0.05) is 32.3 Å². The molecule has 0 amide bonds. The molecule has 0 aliphatic rings. The van der Waals surface area contributed by atoms with Crippen molar-refractivity contribution in [1.29, 1.82) is 10.5 Å². The third-order valence-electron chi connectivity index (χ3n) is 4.90. The van der Waals surface area contributed by atoms with E-state index in [4.69, 9.17) is 36.3 Å². The summed E-state index contributed by atoms with van der Waals surface area (Å²) < 4.78 is 2.56. The van der Waals surface area contributed by atoms with E-state index < -0.39 is 0 Å². The summed E-state index contributed by atoms with van der Waals surface area (Å²) in [6.45, 7) is 14.8. The van der Waals surface area contributed by atoms with Crippen LogP contribution in [-0.4, -0.2) is 0 Å². The summed E-state index contributed by atoms with van der Waals surface area (Å²) >= 11 is 15.6. The molecule has 8 heteroatoms. The average molecular weight is 513 g/mol. The monoisotopic (exact) mass is 512 g/mol. The molecule has 0 aliphatic heterocycles. The van der Waals surface area contributed by atoms with Crippen molar-refractivity contribution in [3.8, 4) is 34.4 Å². The van der Waals surface area contributed by atoms with E-state index in [1.54, 1.807) is 24.3 Å². The zero-order valence-electron chi connectivity index (χ0n) is 17.1. The van der Waals surface area contributed by atoms with E-state index in [2.05, 4.69) is 9.69 Å². The summed E-state index contributed by atoms with van der Waals surface area (Å²) in [7, 11) is 0. The van der Waals surface area contributed by atoms with Gasteiger partial charge < -0.3 is 0 Å². The van der Waals surface area contributed by atoms with Gasteiger partial charge in [0.2, 0.25) is 0 Å². The van der Waals surface area contributed by atoms with E-state index in [1.165, 1.54) is 22.7 Å². The van der Waals surface area contributed by atoms with Crippen LogP contribution < -0.4 is 9.06 Å². The van der Waals surface area contributed by atoms with Crippen LogP contribution >= 0.6 is 45.9 Å². The Morgan fingerprint density at radius 1 is 0.706 bits per heavy atom. The van der Waals surface area contributed by atoms with Crippen LogP contribution in [0.5, 0.6) is 0 Å². The quantitative estimate of drug-likeness (QED) is 0.276. The Balaban J connectivity index is 2.35. The predicted octanol–water partition coefficient (Wildman–Crippen LogP) is 6.84. The van der Waals surface area contributed by atoms with Crippen molar-refractivity contribution >= 4 is 57.3 Å². The van der Waals surface area contributed by atoms with Crippen LogP contribution in [0.1, 0.15) is 0 Å². The number of hydrogen-bond acceptors (Lipinski definition) is 4. The van der Waals surface area contributed by atoms with E-state index in [9.17, 15) is 10.5 Å². The van der Waals surface area contributed by atoms with Gasteiger partial charge in [0.1, 0.15) is 35.4 Å². The Hall–Kier alpha value is -3.88. The first-order valence-electron chi connectivity index (χ1n) is 9.60. The lowest BCUT2D eigenvalue weighted by Crippen LogP contribution is -1.94. The van der Waals surface area contributed by atoms with Crippen LogP contribution in [0, 0.1) is 44.9 Å². The number of benzene rings is 2. The van der Waals surface area contributed by atoms with Crippen molar-refractivity contribution < 1.29 is 0 Å². The summed E-state index contributed by atoms with van der Waals surface area (Å²) in [5.74, 6) is -0.0399. The van der Waals surface area contributed by atoms with Gasteiger partial charge in [-0.3, -0.25) is 0 Å². The smallest absolute Gasteiger partial charge is 0.192 e. The second-order valence-corrected chi connectivity index (χ2v) is 9.73. The van der Waals surface area contributed by atoms with Crippen molar-refractivity contribution in [2.24, 2.45) is 0 Å². The Kier molecular flexibility index (Phi) is 6.81. The van der Waals surface area contributed by atoms with Crippen LogP contribution in [0.2, 0.25) is 10.0 Å². The molecule has 4 aromatic rings. The third kappa shape index (κ3) is 4.21. The first-order chi connectivity index (χ1) is 16.5. The molecule has 0 radical (unpaired) electrons. The van der Waals surface area contributed by atoms with Gasteiger partial charge in [-0.2, -0.15) is 20.2 Å². The topological polar surface area (TPSA) is 56.3 Å². The number of rotatable bonds is 2. The second-order valence-electron chi connectivity index (χ2n) is 6.81. The van der Waals surface area contributed by atoms with Crippen molar-refractivity contribution in [2.75, 3.05) is 0 Å². The van der Waals surface area contributed by atoms with Gasteiger partial charge >= 0.3 is 5.82 Å². The van der Waals surface area contributed by atoms with Crippen LogP contribution in [0.3, 0.4) is 0 Å².